The highest BCUT2D eigenvalue weighted by molar-refractivity contribution is 4.93. The molecule has 48 heavy (non-hydrogen) atoms. The van der Waals surface area contributed by atoms with Gasteiger partial charge in [0.2, 0.25) is 0 Å². The molecule has 0 unspecified atom stereocenters. The molecule has 3 aliphatic rings. The molecule has 3 fully saturated rings. The summed E-state index contributed by atoms with van der Waals surface area (Å²) in [7, 11) is 0. The summed E-state index contributed by atoms with van der Waals surface area (Å²) in [6.45, 7) is 29.1. The monoisotopic (exact) mass is 680 g/mol. The maximum absolute atomic E-state index is 9.71. The molecule has 5 N–H and O–H groups in total. The summed E-state index contributed by atoms with van der Waals surface area (Å²) in [6, 6.07) is 0. The van der Waals surface area contributed by atoms with Crippen LogP contribution in [0.15, 0.2) is 38.0 Å². The summed E-state index contributed by atoms with van der Waals surface area (Å²) in [5.41, 5.74) is 5.43. The van der Waals surface area contributed by atoms with Crippen molar-refractivity contribution >= 4 is 0 Å². The van der Waals surface area contributed by atoms with Gasteiger partial charge in [0.15, 0.2) is 0 Å². The van der Waals surface area contributed by atoms with Crippen molar-refractivity contribution in [2.24, 2.45) is 41.2 Å². The lowest BCUT2D eigenvalue weighted by Gasteiger charge is -2.19. The number of aliphatic hydroxyl groups is 3. The third kappa shape index (κ3) is 13.6. The Bertz CT molecular complexity index is 761. The highest BCUT2D eigenvalue weighted by atomic mass is 16.5. The lowest BCUT2D eigenvalue weighted by atomic mass is 9.84. The first kappa shape index (κ1) is 45.0. The summed E-state index contributed by atoms with van der Waals surface area (Å²) >= 11 is 0. The Balaban J connectivity index is 0.000000360. The zero-order valence-electron chi connectivity index (χ0n) is 32.1. The number of rotatable bonds is 18. The molecule has 3 rings (SSSR count). The SMILES string of the molecule is C=CC[C@@H]1O[C@H](C[C@H](O)CC)[C@H](C)[C@H]1CC.C=CC[C@@H]1O[C@H](C[C@H](O)CC)[C@H](C)[C@H]1CC.C=CC[C@@H]1O[C@H](C[C@H](O)CN)[C@H](C)[C@H]1CC. The van der Waals surface area contributed by atoms with Crippen LogP contribution in [0.4, 0.5) is 0 Å². The second-order valence-electron chi connectivity index (χ2n) is 14.7. The van der Waals surface area contributed by atoms with E-state index in [2.05, 4.69) is 61.3 Å². The molecule has 0 saturated carbocycles. The molecule has 0 radical (unpaired) electrons. The number of hydrogen-bond donors (Lipinski definition) is 4. The fourth-order valence-electron chi connectivity index (χ4n) is 8.32. The van der Waals surface area contributed by atoms with Crippen molar-refractivity contribution < 1.29 is 29.5 Å². The van der Waals surface area contributed by atoms with Gasteiger partial charge in [0.25, 0.3) is 0 Å². The smallest absolute Gasteiger partial charge is 0.0687 e. The molecule has 3 saturated heterocycles. The quantitative estimate of drug-likeness (QED) is 0.109. The van der Waals surface area contributed by atoms with Crippen LogP contribution >= 0.6 is 0 Å². The Hall–Kier alpha value is -1.06. The molecular formula is C41H77NO6. The van der Waals surface area contributed by atoms with E-state index in [1.54, 1.807) is 0 Å². The summed E-state index contributed by atoms with van der Waals surface area (Å²) in [6.07, 6.45) is 16.5. The maximum Gasteiger partial charge on any atom is 0.0687 e. The molecule has 3 heterocycles. The van der Waals surface area contributed by atoms with Crippen molar-refractivity contribution in [2.75, 3.05) is 6.54 Å². The molecule has 3 aliphatic heterocycles. The van der Waals surface area contributed by atoms with Crippen molar-refractivity contribution in [3.05, 3.63) is 38.0 Å². The van der Waals surface area contributed by atoms with E-state index < -0.39 is 6.10 Å². The third-order valence-corrected chi connectivity index (χ3v) is 11.6. The molecule has 0 aromatic rings. The first-order valence-corrected chi connectivity index (χ1v) is 19.4. The Kier molecular flexibility index (Phi) is 22.7. The molecule has 7 heteroatoms. The van der Waals surface area contributed by atoms with Crippen LogP contribution in [-0.2, 0) is 14.2 Å². The number of aliphatic hydroxyl groups excluding tert-OH is 3. The van der Waals surface area contributed by atoms with Gasteiger partial charge in [-0.1, -0.05) is 92.9 Å². The van der Waals surface area contributed by atoms with E-state index in [4.69, 9.17) is 19.9 Å². The normalized spacial score (nSPS) is 36.2. The van der Waals surface area contributed by atoms with Gasteiger partial charge in [-0.25, -0.2) is 0 Å². The van der Waals surface area contributed by atoms with Crippen molar-refractivity contribution in [1.29, 1.82) is 0 Å². The first-order valence-electron chi connectivity index (χ1n) is 19.4. The van der Waals surface area contributed by atoms with E-state index in [0.717, 1.165) is 64.2 Å². The highest BCUT2D eigenvalue weighted by Crippen LogP contribution is 2.40. The molecule has 0 aromatic carbocycles. The lowest BCUT2D eigenvalue weighted by Crippen LogP contribution is -2.28. The standard InChI is InChI=1S/2C14H26O2.C13H25NO2/c2*1-5-8-13-12(7-3)10(4)14(16-13)9-11(15)6-2;1-4-6-12-11(5-2)9(3)13(16-12)7-10(15)8-14/h2*5,10-15H,1,6-9H2,2-4H3;4,9-13,15H,1,5-8,14H2,2-3H3/t2*10-,11-,12-,13+,14-;9-,10+,11-,12+,13-/m111/s1. The Morgan fingerprint density at radius 2 is 0.792 bits per heavy atom. The van der Waals surface area contributed by atoms with Gasteiger partial charge in [0, 0.05) is 13.0 Å². The van der Waals surface area contributed by atoms with Crippen LogP contribution in [-0.4, -0.2) is 76.8 Å². The fraction of sp³-hybridized carbons (Fsp3) is 0.854. The largest absolute Gasteiger partial charge is 0.393 e. The Morgan fingerprint density at radius 1 is 0.521 bits per heavy atom. The van der Waals surface area contributed by atoms with E-state index in [1.165, 1.54) is 0 Å². The van der Waals surface area contributed by atoms with Crippen LogP contribution in [0.2, 0.25) is 0 Å². The van der Waals surface area contributed by atoms with Gasteiger partial charge in [-0.15, -0.1) is 19.7 Å². The molecule has 7 nitrogen and oxygen atoms in total. The van der Waals surface area contributed by atoms with Crippen molar-refractivity contribution in [3.63, 3.8) is 0 Å². The molecule has 15 atom stereocenters. The van der Waals surface area contributed by atoms with Crippen molar-refractivity contribution in [2.45, 2.75) is 181 Å². The van der Waals surface area contributed by atoms with Crippen LogP contribution in [0.3, 0.4) is 0 Å². The van der Waals surface area contributed by atoms with E-state index in [1.807, 2.05) is 32.1 Å². The average molecular weight is 680 g/mol. The summed E-state index contributed by atoms with van der Waals surface area (Å²) in [5.74, 6) is 3.41. The molecule has 0 aliphatic carbocycles. The van der Waals surface area contributed by atoms with E-state index in [0.29, 0.717) is 60.7 Å². The van der Waals surface area contributed by atoms with Crippen LogP contribution in [0.5, 0.6) is 0 Å². The fourth-order valence-corrected chi connectivity index (χ4v) is 8.32. The summed E-state index contributed by atoms with van der Waals surface area (Å²) in [4.78, 5) is 0. The minimum atomic E-state index is -0.438. The molecule has 0 aromatic heterocycles. The van der Waals surface area contributed by atoms with E-state index >= 15 is 0 Å². The second-order valence-corrected chi connectivity index (χ2v) is 14.7. The Morgan fingerprint density at radius 3 is 1.00 bits per heavy atom. The van der Waals surface area contributed by atoms with Gasteiger partial charge in [0.05, 0.1) is 54.9 Å². The zero-order chi connectivity index (χ0) is 36.4. The minimum Gasteiger partial charge on any atom is -0.393 e. The zero-order valence-corrected chi connectivity index (χ0v) is 32.1. The lowest BCUT2D eigenvalue weighted by molar-refractivity contribution is -0.0000143. The van der Waals surface area contributed by atoms with Gasteiger partial charge in [-0.2, -0.15) is 0 Å². The highest BCUT2D eigenvalue weighted by Gasteiger charge is 2.42. The summed E-state index contributed by atoms with van der Waals surface area (Å²) in [5, 5.41) is 29.0. The van der Waals surface area contributed by atoms with Gasteiger partial charge in [-0.3, -0.25) is 0 Å². The number of nitrogens with two attached hydrogens (primary N) is 1. The average Bonchev–Trinajstić information content (AvgIpc) is 3.65. The molecule has 0 amide bonds. The number of hydrogen-bond acceptors (Lipinski definition) is 7. The predicted molar refractivity (Wildman–Crippen MR) is 201 cm³/mol. The van der Waals surface area contributed by atoms with Crippen molar-refractivity contribution in [1.82, 2.24) is 0 Å². The van der Waals surface area contributed by atoms with Gasteiger partial charge in [0.1, 0.15) is 0 Å². The second kappa shape index (κ2) is 24.2. The van der Waals surface area contributed by atoms with E-state index in [9.17, 15) is 15.3 Å². The van der Waals surface area contributed by atoms with Crippen LogP contribution in [0.1, 0.15) is 126 Å². The minimum absolute atomic E-state index is 0.147. The Labute approximate surface area is 295 Å². The van der Waals surface area contributed by atoms with Crippen LogP contribution < -0.4 is 5.73 Å². The van der Waals surface area contributed by atoms with E-state index in [-0.39, 0.29) is 36.6 Å². The molecule has 0 bridgehead atoms. The molecular weight excluding hydrogens is 602 g/mol. The summed E-state index contributed by atoms with van der Waals surface area (Å²) < 4.78 is 18.1. The predicted octanol–water partition coefficient (Wildman–Crippen LogP) is 8.01. The van der Waals surface area contributed by atoms with Crippen LogP contribution in [0.25, 0.3) is 0 Å². The van der Waals surface area contributed by atoms with Crippen molar-refractivity contribution in [3.8, 4) is 0 Å². The molecule has 0 spiro atoms. The topological polar surface area (TPSA) is 114 Å². The third-order valence-electron chi connectivity index (χ3n) is 11.6. The maximum atomic E-state index is 9.71. The first-order chi connectivity index (χ1) is 22.9. The van der Waals surface area contributed by atoms with Gasteiger partial charge >= 0.3 is 0 Å². The number of ether oxygens (including phenoxy) is 3. The van der Waals surface area contributed by atoms with Gasteiger partial charge < -0.3 is 35.3 Å². The molecule has 282 valence electrons. The van der Waals surface area contributed by atoms with Crippen LogP contribution in [0, 0.1) is 35.5 Å². The van der Waals surface area contributed by atoms with Gasteiger partial charge in [-0.05, 0) is 80.5 Å².